The number of aryl methyl sites for hydroxylation is 1. The van der Waals surface area contributed by atoms with Crippen molar-refractivity contribution in [3.63, 3.8) is 0 Å². The number of fused-ring (bicyclic) bond motifs is 1. The highest BCUT2D eigenvalue weighted by Gasteiger charge is 2.40. The Morgan fingerprint density at radius 2 is 2.25 bits per heavy atom. The van der Waals surface area contributed by atoms with E-state index in [0.717, 1.165) is 0 Å². The average Bonchev–Trinajstić information content (AvgIpc) is 2.65. The summed E-state index contributed by atoms with van der Waals surface area (Å²) in [7, 11) is 0. The monoisotopic (exact) mass is 233 g/mol. The van der Waals surface area contributed by atoms with Crippen LogP contribution in [0.4, 0.5) is 13.2 Å². The standard InChI is InChI=1S/C10H10F3NO2/c11-10(12,13)9(15)14-7-2-1-3-8-6(7)4-5-16-8/h4-5,7H,1-3H2,(H,14,15). The third-order valence-electron chi connectivity index (χ3n) is 2.61. The maximum absolute atomic E-state index is 12.1. The van der Waals surface area contributed by atoms with Gasteiger partial charge in [0.2, 0.25) is 0 Å². The van der Waals surface area contributed by atoms with Crippen molar-refractivity contribution in [3.05, 3.63) is 23.7 Å². The summed E-state index contributed by atoms with van der Waals surface area (Å²) >= 11 is 0. The van der Waals surface area contributed by atoms with Gasteiger partial charge in [0, 0.05) is 12.0 Å². The van der Waals surface area contributed by atoms with Gasteiger partial charge in [0.15, 0.2) is 0 Å². The quantitative estimate of drug-likeness (QED) is 0.808. The van der Waals surface area contributed by atoms with Crippen LogP contribution in [0.15, 0.2) is 16.7 Å². The molecule has 1 unspecified atom stereocenters. The van der Waals surface area contributed by atoms with Gasteiger partial charge in [-0.25, -0.2) is 0 Å². The molecule has 1 atom stereocenters. The maximum atomic E-state index is 12.1. The highest BCUT2D eigenvalue weighted by Crippen LogP contribution is 2.31. The Hall–Kier alpha value is -1.46. The first-order valence-electron chi connectivity index (χ1n) is 4.92. The number of carbonyl (C=O) groups is 1. The Labute approximate surface area is 89.6 Å². The average molecular weight is 233 g/mol. The maximum Gasteiger partial charge on any atom is 0.471 e. The number of halogens is 3. The Bertz CT molecular complexity index is 397. The zero-order valence-electron chi connectivity index (χ0n) is 8.30. The molecule has 0 saturated carbocycles. The molecule has 0 bridgehead atoms. The third kappa shape index (κ3) is 2.05. The van der Waals surface area contributed by atoms with Crippen LogP contribution < -0.4 is 5.32 Å². The molecular weight excluding hydrogens is 223 g/mol. The summed E-state index contributed by atoms with van der Waals surface area (Å²) in [6.45, 7) is 0. The van der Waals surface area contributed by atoms with Gasteiger partial charge in [-0.1, -0.05) is 0 Å². The Balaban J connectivity index is 2.11. The minimum absolute atomic E-state index is 0.508. The lowest BCUT2D eigenvalue weighted by Crippen LogP contribution is -2.39. The molecule has 3 nitrogen and oxygen atoms in total. The number of furan rings is 1. The first-order valence-corrected chi connectivity index (χ1v) is 4.92. The molecule has 0 aliphatic heterocycles. The predicted molar refractivity (Wildman–Crippen MR) is 48.6 cm³/mol. The van der Waals surface area contributed by atoms with Crippen LogP contribution in [0.1, 0.15) is 30.2 Å². The SMILES string of the molecule is O=C(NC1CCCc2occc21)C(F)(F)F. The molecule has 16 heavy (non-hydrogen) atoms. The number of amides is 1. The smallest absolute Gasteiger partial charge is 0.469 e. The molecule has 1 aromatic heterocycles. The van der Waals surface area contributed by atoms with E-state index in [4.69, 9.17) is 4.42 Å². The molecule has 88 valence electrons. The van der Waals surface area contributed by atoms with E-state index in [9.17, 15) is 18.0 Å². The zero-order chi connectivity index (χ0) is 11.8. The van der Waals surface area contributed by atoms with Gasteiger partial charge in [0.05, 0.1) is 12.3 Å². The molecule has 0 spiro atoms. The van der Waals surface area contributed by atoms with Crippen LogP contribution in [0.25, 0.3) is 0 Å². The molecule has 1 aliphatic carbocycles. The van der Waals surface area contributed by atoms with Gasteiger partial charge in [0.1, 0.15) is 5.76 Å². The second-order valence-corrected chi connectivity index (χ2v) is 3.72. The number of nitrogens with one attached hydrogen (secondary N) is 1. The summed E-state index contributed by atoms with van der Waals surface area (Å²) < 4.78 is 41.3. The third-order valence-corrected chi connectivity index (χ3v) is 2.61. The molecule has 0 aromatic carbocycles. The molecule has 1 heterocycles. The van der Waals surface area contributed by atoms with Crippen molar-refractivity contribution in [2.45, 2.75) is 31.5 Å². The predicted octanol–water partition coefficient (Wildman–Crippen LogP) is 2.34. The largest absolute Gasteiger partial charge is 0.471 e. The Morgan fingerprint density at radius 3 is 2.94 bits per heavy atom. The molecule has 0 radical (unpaired) electrons. The van der Waals surface area contributed by atoms with Gasteiger partial charge in [-0.2, -0.15) is 13.2 Å². The molecule has 2 rings (SSSR count). The van der Waals surface area contributed by atoms with Crippen molar-refractivity contribution in [2.75, 3.05) is 0 Å². The van der Waals surface area contributed by atoms with Gasteiger partial charge in [-0.3, -0.25) is 4.79 Å². The number of alkyl halides is 3. The fourth-order valence-corrected chi connectivity index (χ4v) is 1.88. The Kier molecular flexibility index (Phi) is 2.65. The van der Waals surface area contributed by atoms with Crippen LogP contribution in [0.5, 0.6) is 0 Å². The second-order valence-electron chi connectivity index (χ2n) is 3.72. The molecule has 6 heteroatoms. The second kappa shape index (κ2) is 3.84. The van der Waals surface area contributed by atoms with Crippen LogP contribution in [0, 0.1) is 0 Å². The summed E-state index contributed by atoms with van der Waals surface area (Å²) in [4.78, 5) is 10.8. The van der Waals surface area contributed by atoms with Gasteiger partial charge in [-0.15, -0.1) is 0 Å². The number of hydrogen-bond acceptors (Lipinski definition) is 2. The molecule has 0 fully saturated rings. The normalized spacial score (nSPS) is 20.3. The first kappa shape index (κ1) is 11.0. The molecule has 1 amide bonds. The molecule has 1 aliphatic rings. The van der Waals surface area contributed by atoms with E-state index in [0.29, 0.717) is 30.6 Å². The van der Waals surface area contributed by atoms with E-state index in [-0.39, 0.29) is 0 Å². The van der Waals surface area contributed by atoms with E-state index in [1.54, 1.807) is 6.07 Å². The Morgan fingerprint density at radius 1 is 1.50 bits per heavy atom. The van der Waals surface area contributed by atoms with E-state index < -0.39 is 18.1 Å². The van der Waals surface area contributed by atoms with Crippen LogP contribution in [-0.4, -0.2) is 12.1 Å². The van der Waals surface area contributed by atoms with Gasteiger partial charge in [-0.05, 0) is 18.9 Å². The van der Waals surface area contributed by atoms with E-state index in [1.807, 2.05) is 5.32 Å². The van der Waals surface area contributed by atoms with Crippen LogP contribution in [0.2, 0.25) is 0 Å². The van der Waals surface area contributed by atoms with E-state index in [2.05, 4.69) is 0 Å². The van der Waals surface area contributed by atoms with E-state index in [1.165, 1.54) is 6.26 Å². The minimum Gasteiger partial charge on any atom is -0.469 e. The van der Waals surface area contributed by atoms with Gasteiger partial charge >= 0.3 is 12.1 Å². The van der Waals surface area contributed by atoms with Crippen LogP contribution in [0.3, 0.4) is 0 Å². The van der Waals surface area contributed by atoms with Crippen LogP contribution >= 0.6 is 0 Å². The zero-order valence-corrected chi connectivity index (χ0v) is 8.30. The van der Waals surface area contributed by atoms with Crippen molar-refractivity contribution < 1.29 is 22.4 Å². The number of carbonyl (C=O) groups excluding carboxylic acids is 1. The summed E-state index contributed by atoms with van der Waals surface area (Å²) in [5.74, 6) is -1.23. The first-order chi connectivity index (χ1) is 7.48. The lowest BCUT2D eigenvalue weighted by atomic mass is 9.93. The van der Waals surface area contributed by atoms with Crippen molar-refractivity contribution in [3.8, 4) is 0 Å². The molecule has 1 N–H and O–H groups in total. The summed E-state index contributed by atoms with van der Waals surface area (Å²) in [6.07, 6.45) is -1.47. The molecule has 0 saturated heterocycles. The van der Waals surface area contributed by atoms with E-state index >= 15 is 0 Å². The van der Waals surface area contributed by atoms with Crippen LogP contribution in [-0.2, 0) is 11.2 Å². The van der Waals surface area contributed by atoms with Crippen molar-refractivity contribution in [1.82, 2.24) is 5.32 Å². The van der Waals surface area contributed by atoms with Gasteiger partial charge < -0.3 is 9.73 Å². The lowest BCUT2D eigenvalue weighted by molar-refractivity contribution is -0.174. The molecular formula is C10H10F3NO2. The number of hydrogen-bond donors (Lipinski definition) is 1. The fraction of sp³-hybridized carbons (Fsp3) is 0.500. The summed E-state index contributed by atoms with van der Waals surface area (Å²) in [6, 6.07) is 1.02. The van der Waals surface area contributed by atoms with Crippen molar-refractivity contribution in [2.24, 2.45) is 0 Å². The topological polar surface area (TPSA) is 42.2 Å². The highest BCUT2D eigenvalue weighted by atomic mass is 19.4. The highest BCUT2D eigenvalue weighted by molar-refractivity contribution is 5.82. The fourth-order valence-electron chi connectivity index (χ4n) is 1.88. The number of rotatable bonds is 1. The summed E-state index contributed by atoms with van der Waals surface area (Å²) in [5, 5.41) is 1.98. The minimum atomic E-state index is -4.83. The summed E-state index contributed by atoms with van der Waals surface area (Å²) in [5.41, 5.74) is 0.656. The lowest BCUT2D eigenvalue weighted by Gasteiger charge is -2.23. The van der Waals surface area contributed by atoms with Crippen molar-refractivity contribution >= 4 is 5.91 Å². The van der Waals surface area contributed by atoms with Gasteiger partial charge in [0.25, 0.3) is 0 Å². The van der Waals surface area contributed by atoms with Crippen molar-refractivity contribution in [1.29, 1.82) is 0 Å². The molecule has 1 aromatic rings.